The molecule has 5 rings (SSSR count). The number of amides is 1. The molecule has 1 heterocycles. The van der Waals surface area contributed by atoms with Crippen LogP contribution in [0.15, 0.2) is 0 Å². The molecule has 0 radical (unpaired) electrons. The molecule has 1 N–H and O–H groups in total. The number of nitrogens with zero attached hydrogens (tertiary/aromatic N) is 1. The van der Waals surface area contributed by atoms with E-state index in [1.165, 1.54) is 0 Å². The van der Waals surface area contributed by atoms with Gasteiger partial charge in [-0.1, -0.05) is 13.8 Å². The van der Waals surface area contributed by atoms with E-state index in [1.807, 2.05) is 4.90 Å². The largest absolute Gasteiger partial charge is 0.455 e. The van der Waals surface area contributed by atoms with E-state index in [0.29, 0.717) is 30.1 Å². The molecule has 4 bridgehead atoms. The van der Waals surface area contributed by atoms with Crippen molar-refractivity contribution >= 4 is 11.9 Å². The van der Waals surface area contributed by atoms with Gasteiger partial charge < -0.3 is 14.7 Å². The Hall–Kier alpha value is -1.10. The molecule has 5 aliphatic rings. The average Bonchev–Trinajstić information content (AvgIpc) is 2.48. The Morgan fingerprint density at radius 2 is 1.64 bits per heavy atom. The minimum atomic E-state index is -0.676. The fraction of sp³-hybridized carbons (Fsp3) is 0.900. The molecular weight excluding hydrogens is 318 g/mol. The predicted molar refractivity (Wildman–Crippen MR) is 92.5 cm³/mol. The summed E-state index contributed by atoms with van der Waals surface area (Å²) in [7, 11) is 0. The Morgan fingerprint density at radius 1 is 1.04 bits per heavy atom. The van der Waals surface area contributed by atoms with Gasteiger partial charge in [0.25, 0.3) is 5.91 Å². The van der Waals surface area contributed by atoms with Crippen molar-refractivity contribution in [3.05, 3.63) is 0 Å². The van der Waals surface area contributed by atoms with Crippen molar-refractivity contribution in [2.75, 3.05) is 19.7 Å². The number of rotatable bonds is 3. The van der Waals surface area contributed by atoms with Gasteiger partial charge in [-0.25, -0.2) is 0 Å². The summed E-state index contributed by atoms with van der Waals surface area (Å²) in [4.78, 5) is 27.2. The molecule has 5 fully saturated rings. The topological polar surface area (TPSA) is 66.8 Å². The third-order valence-electron chi connectivity index (χ3n) is 7.01. The Balaban J connectivity index is 1.37. The average molecular weight is 349 g/mol. The van der Waals surface area contributed by atoms with Crippen LogP contribution in [0.4, 0.5) is 0 Å². The number of piperidine rings is 1. The number of carbonyl (C=O) groups is 2. The van der Waals surface area contributed by atoms with E-state index in [-0.39, 0.29) is 18.5 Å². The molecule has 0 unspecified atom stereocenters. The van der Waals surface area contributed by atoms with Gasteiger partial charge in [0.2, 0.25) is 0 Å². The first-order valence-corrected chi connectivity index (χ1v) is 9.94. The van der Waals surface area contributed by atoms with E-state index in [0.717, 1.165) is 51.6 Å². The van der Waals surface area contributed by atoms with E-state index in [9.17, 15) is 14.7 Å². The summed E-state index contributed by atoms with van der Waals surface area (Å²) in [6, 6.07) is 0. The van der Waals surface area contributed by atoms with Crippen molar-refractivity contribution in [3.8, 4) is 0 Å². The van der Waals surface area contributed by atoms with Gasteiger partial charge in [0, 0.05) is 13.1 Å². The van der Waals surface area contributed by atoms with Gasteiger partial charge >= 0.3 is 5.97 Å². The minimum absolute atomic E-state index is 0.0739. The smallest absolute Gasteiger partial charge is 0.312 e. The van der Waals surface area contributed by atoms with Crippen LogP contribution in [0.2, 0.25) is 0 Å². The van der Waals surface area contributed by atoms with Crippen molar-refractivity contribution in [2.45, 2.75) is 64.4 Å². The molecule has 4 aliphatic carbocycles. The summed E-state index contributed by atoms with van der Waals surface area (Å²) in [5.41, 5.74) is -1.22. The van der Waals surface area contributed by atoms with Crippen LogP contribution in [0, 0.1) is 29.1 Å². The van der Waals surface area contributed by atoms with Gasteiger partial charge in [-0.05, 0) is 68.6 Å². The molecule has 1 saturated heterocycles. The number of hydrogen-bond acceptors (Lipinski definition) is 4. The van der Waals surface area contributed by atoms with Crippen LogP contribution < -0.4 is 0 Å². The molecule has 4 atom stereocenters. The first kappa shape index (κ1) is 17.3. The highest BCUT2D eigenvalue weighted by Crippen LogP contribution is 2.61. The Morgan fingerprint density at radius 3 is 2.20 bits per heavy atom. The van der Waals surface area contributed by atoms with E-state index >= 15 is 0 Å². The molecule has 0 aromatic carbocycles. The first-order valence-electron chi connectivity index (χ1n) is 9.94. The highest BCUT2D eigenvalue weighted by molar-refractivity contribution is 5.83. The highest BCUT2D eigenvalue weighted by Gasteiger charge is 2.60. The van der Waals surface area contributed by atoms with Gasteiger partial charge in [0.15, 0.2) is 6.61 Å². The fourth-order valence-corrected chi connectivity index (χ4v) is 6.69. The Labute approximate surface area is 150 Å². The normalized spacial score (nSPS) is 45.5. The third kappa shape index (κ3) is 3.20. The zero-order valence-corrected chi connectivity index (χ0v) is 15.5. The van der Waals surface area contributed by atoms with Gasteiger partial charge in [0.05, 0.1) is 11.0 Å². The summed E-state index contributed by atoms with van der Waals surface area (Å²) in [5, 5.41) is 10.8. The van der Waals surface area contributed by atoms with Crippen LogP contribution in [0.25, 0.3) is 0 Å². The first-order chi connectivity index (χ1) is 11.8. The second kappa shape index (κ2) is 5.97. The van der Waals surface area contributed by atoms with E-state index in [4.69, 9.17) is 4.74 Å². The monoisotopic (exact) mass is 349 g/mol. The Bertz CT molecular complexity index is 550. The summed E-state index contributed by atoms with van der Waals surface area (Å²) >= 11 is 0. The lowest BCUT2D eigenvalue weighted by Gasteiger charge is -2.58. The summed E-state index contributed by atoms with van der Waals surface area (Å²) < 4.78 is 5.52. The molecule has 1 amide bonds. The quantitative estimate of drug-likeness (QED) is 0.795. The second-order valence-electron chi connectivity index (χ2n) is 9.79. The van der Waals surface area contributed by atoms with E-state index in [1.54, 1.807) is 0 Å². The van der Waals surface area contributed by atoms with Crippen molar-refractivity contribution in [3.63, 3.8) is 0 Å². The molecule has 5 nitrogen and oxygen atoms in total. The van der Waals surface area contributed by atoms with Crippen molar-refractivity contribution in [2.24, 2.45) is 29.1 Å². The molecular formula is C20H31NO4. The number of carbonyl (C=O) groups excluding carboxylic acids is 2. The zero-order valence-electron chi connectivity index (χ0n) is 15.5. The van der Waals surface area contributed by atoms with Gasteiger partial charge in [-0.2, -0.15) is 0 Å². The number of ether oxygens (including phenoxy) is 1. The van der Waals surface area contributed by atoms with Crippen LogP contribution in [-0.2, 0) is 14.3 Å². The third-order valence-corrected chi connectivity index (χ3v) is 7.01. The van der Waals surface area contributed by atoms with Crippen LogP contribution in [0.5, 0.6) is 0 Å². The van der Waals surface area contributed by atoms with Gasteiger partial charge in [-0.3, -0.25) is 9.59 Å². The van der Waals surface area contributed by atoms with Crippen LogP contribution in [0.1, 0.15) is 58.8 Å². The number of hydrogen-bond donors (Lipinski definition) is 1. The number of aliphatic hydroxyl groups is 1. The zero-order chi connectivity index (χ0) is 17.8. The lowest BCUT2D eigenvalue weighted by Crippen LogP contribution is -2.58. The van der Waals surface area contributed by atoms with Gasteiger partial charge in [-0.15, -0.1) is 0 Å². The Kier molecular flexibility index (Phi) is 4.13. The highest BCUT2D eigenvalue weighted by atomic mass is 16.5. The maximum atomic E-state index is 12.9. The molecule has 0 aromatic heterocycles. The lowest BCUT2D eigenvalue weighted by atomic mass is 9.48. The molecule has 0 aromatic rings. The van der Waals surface area contributed by atoms with Crippen molar-refractivity contribution in [1.29, 1.82) is 0 Å². The summed E-state index contributed by atoms with van der Waals surface area (Å²) in [6.07, 6.45) is 6.14. The standard InChI is InChI=1S/C20H31NO4/c1-13-3-14(2)10-21(9-13)17(22)11-25-18(23)19-5-15-4-16(6-19)8-20(24,7-15)12-19/h13-16,24H,3-12H2,1-2H3/t13-,14-,15-,16-,19?,20?/m1/s1. The maximum Gasteiger partial charge on any atom is 0.312 e. The lowest BCUT2D eigenvalue weighted by molar-refractivity contribution is -0.197. The van der Waals surface area contributed by atoms with Crippen LogP contribution in [-0.4, -0.2) is 47.2 Å². The van der Waals surface area contributed by atoms with E-state index < -0.39 is 11.0 Å². The van der Waals surface area contributed by atoms with E-state index in [2.05, 4.69) is 13.8 Å². The van der Waals surface area contributed by atoms with Crippen molar-refractivity contribution in [1.82, 2.24) is 4.90 Å². The summed E-state index contributed by atoms with van der Waals surface area (Å²) in [5.74, 6) is 1.57. The molecule has 4 saturated carbocycles. The van der Waals surface area contributed by atoms with Crippen LogP contribution in [0.3, 0.4) is 0 Å². The fourth-order valence-electron chi connectivity index (χ4n) is 6.69. The minimum Gasteiger partial charge on any atom is -0.455 e. The number of esters is 1. The molecule has 140 valence electrons. The van der Waals surface area contributed by atoms with Crippen molar-refractivity contribution < 1.29 is 19.4 Å². The van der Waals surface area contributed by atoms with Gasteiger partial charge in [0.1, 0.15) is 0 Å². The molecule has 25 heavy (non-hydrogen) atoms. The summed E-state index contributed by atoms with van der Waals surface area (Å²) in [6.45, 7) is 5.70. The molecule has 1 aliphatic heterocycles. The second-order valence-corrected chi connectivity index (χ2v) is 9.79. The SMILES string of the molecule is C[C@@H]1C[C@@H](C)CN(C(=O)COC(=O)C23C[C@H]4C[C@@H](CC(O)(C4)C2)C3)C1. The van der Waals surface area contributed by atoms with Crippen LogP contribution >= 0.6 is 0 Å². The number of likely N-dealkylation sites (tertiary alicyclic amines) is 1. The predicted octanol–water partition coefficient (Wildman–Crippen LogP) is 2.37. The maximum absolute atomic E-state index is 12.9. The molecule has 0 spiro atoms. The molecule has 5 heteroatoms.